The second-order valence-electron chi connectivity index (χ2n) is 16.1. The van der Waals surface area contributed by atoms with E-state index in [-0.39, 0.29) is 23.2 Å². The number of fused-ring (bicyclic) bond motifs is 10. The van der Waals surface area contributed by atoms with Crippen molar-refractivity contribution < 1.29 is 9.59 Å². The molecule has 304 valence electrons. The molecule has 0 atom stereocenters. The summed E-state index contributed by atoms with van der Waals surface area (Å²) >= 11 is 0. The predicted octanol–water partition coefficient (Wildman–Crippen LogP) is 11.5. The summed E-state index contributed by atoms with van der Waals surface area (Å²) in [4.78, 5) is 58.6. The van der Waals surface area contributed by atoms with E-state index in [1.807, 2.05) is 170 Å². The Morgan fingerprint density at radius 1 is 0.292 bits per heavy atom. The van der Waals surface area contributed by atoms with Gasteiger partial charge in [-0.1, -0.05) is 194 Å². The Morgan fingerprint density at radius 2 is 0.585 bits per heavy atom. The summed E-state index contributed by atoms with van der Waals surface area (Å²) in [6, 6.07) is 67.0. The van der Waals surface area contributed by atoms with Crippen LogP contribution in [-0.4, -0.2) is 41.5 Å². The quantitative estimate of drug-likeness (QED) is 0.139. The Morgan fingerprint density at radius 3 is 0.923 bits per heavy atom. The van der Waals surface area contributed by atoms with Crippen LogP contribution < -0.4 is 0 Å². The van der Waals surface area contributed by atoms with E-state index in [9.17, 15) is 9.59 Å². The third kappa shape index (κ3) is 6.14. The minimum absolute atomic E-state index is 0.0458. The zero-order chi connectivity index (χ0) is 43.5. The van der Waals surface area contributed by atoms with Crippen molar-refractivity contribution in [3.63, 3.8) is 0 Å². The van der Waals surface area contributed by atoms with E-state index < -0.39 is 5.41 Å². The lowest BCUT2D eigenvalue weighted by Crippen LogP contribution is -2.26. The van der Waals surface area contributed by atoms with Crippen LogP contribution in [0.5, 0.6) is 0 Å². The number of hydrogen-bond acceptors (Lipinski definition) is 8. The smallest absolute Gasteiger partial charge is 0.230 e. The van der Waals surface area contributed by atoms with Gasteiger partial charge in [0.15, 0.2) is 23.3 Å². The number of ketones is 2. The molecular weight excluding hydrogens is 801 g/mol. The first-order valence-corrected chi connectivity index (χ1v) is 21.4. The molecule has 2 aliphatic rings. The van der Waals surface area contributed by atoms with Crippen molar-refractivity contribution in [2.24, 2.45) is 0 Å². The Labute approximate surface area is 374 Å². The molecule has 0 N–H and O–H groups in total. The second kappa shape index (κ2) is 15.2. The highest BCUT2D eigenvalue weighted by molar-refractivity contribution is 6.10. The maximum Gasteiger partial charge on any atom is 0.230 e. The van der Waals surface area contributed by atoms with Crippen LogP contribution in [0.3, 0.4) is 0 Å². The van der Waals surface area contributed by atoms with Gasteiger partial charge >= 0.3 is 0 Å². The molecule has 10 aromatic rings. The first-order valence-electron chi connectivity index (χ1n) is 21.4. The zero-order valence-corrected chi connectivity index (χ0v) is 34.6. The standard InChI is InChI=1S/C57H34N6O2/c64-49(55-60-51(35-17-5-1-6-18-35)58-52(61-55)36-19-7-2-8-20-36)39-29-31-43-41-25-13-15-27-45(41)57(47(43)33-39)46-28-16-14-26-42(46)44-32-30-40(34-48(44)57)50(65)56-62-53(37-21-9-3-10-22-37)59-54(63-56)38-23-11-4-12-24-38/h1-34H. The summed E-state index contributed by atoms with van der Waals surface area (Å²) in [5.74, 6) is 1.08. The lowest BCUT2D eigenvalue weighted by molar-refractivity contribution is 0.102. The number of carbonyl (C=O) groups excluding carboxylic acids is 2. The highest BCUT2D eigenvalue weighted by Gasteiger charge is 2.52. The van der Waals surface area contributed by atoms with E-state index in [4.69, 9.17) is 29.9 Å². The Hall–Kier alpha value is -8.88. The Kier molecular flexibility index (Phi) is 8.84. The largest absolute Gasteiger partial charge is 0.285 e. The van der Waals surface area contributed by atoms with Crippen LogP contribution in [0.1, 0.15) is 54.6 Å². The van der Waals surface area contributed by atoms with Gasteiger partial charge in [0.1, 0.15) is 0 Å². The van der Waals surface area contributed by atoms with Gasteiger partial charge < -0.3 is 0 Å². The second-order valence-corrected chi connectivity index (χ2v) is 16.1. The highest BCUT2D eigenvalue weighted by Crippen LogP contribution is 2.63. The zero-order valence-electron chi connectivity index (χ0n) is 34.6. The number of aromatic nitrogens is 6. The Balaban J connectivity index is 1.03. The highest BCUT2D eigenvalue weighted by atomic mass is 16.1. The van der Waals surface area contributed by atoms with Gasteiger partial charge in [-0.3, -0.25) is 9.59 Å². The monoisotopic (exact) mass is 834 g/mol. The van der Waals surface area contributed by atoms with Crippen molar-refractivity contribution in [3.05, 3.63) is 251 Å². The van der Waals surface area contributed by atoms with Crippen LogP contribution in [0, 0.1) is 0 Å². The number of benzene rings is 8. The molecule has 12 rings (SSSR count). The van der Waals surface area contributed by atoms with Gasteiger partial charge in [0.2, 0.25) is 23.2 Å². The fourth-order valence-electron chi connectivity index (χ4n) is 9.50. The average Bonchev–Trinajstić information content (AvgIpc) is 3.85. The molecule has 8 aromatic carbocycles. The van der Waals surface area contributed by atoms with Gasteiger partial charge in [-0.25, -0.2) is 29.9 Å². The van der Waals surface area contributed by atoms with Crippen molar-refractivity contribution in [1.29, 1.82) is 0 Å². The first kappa shape index (κ1) is 37.8. The molecule has 2 heterocycles. The van der Waals surface area contributed by atoms with Crippen LogP contribution in [0.2, 0.25) is 0 Å². The molecule has 2 aliphatic carbocycles. The van der Waals surface area contributed by atoms with Gasteiger partial charge in [0.25, 0.3) is 0 Å². The van der Waals surface area contributed by atoms with Gasteiger partial charge in [0.05, 0.1) is 5.41 Å². The fourth-order valence-corrected chi connectivity index (χ4v) is 9.50. The van der Waals surface area contributed by atoms with Crippen molar-refractivity contribution in [2.45, 2.75) is 5.41 Å². The third-order valence-corrected chi connectivity index (χ3v) is 12.4. The summed E-state index contributed by atoms with van der Waals surface area (Å²) in [6.07, 6.45) is 0. The minimum Gasteiger partial charge on any atom is -0.285 e. The van der Waals surface area contributed by atoms with E-state index >= 15 is 0 Å². The van der Waals surface area contributed by atoms with E-state index in [0.717, 1.165) is 66.8 Å². The van der Waals surface area contributed by atoms with Crippen LogP contribution in [-0.2, 0) is 5.41 Å². The summed E-state index contributed by atoms with van der Waals surface area (Å²) in [6.45, 7) is 0. The Bertz CT molecular complexity index is 3170. The summed E-state index contributed by atoms with van der Waals surface area (Å²) in [5.41, 5.74) is 11.2. The van der Waals surface area contributed by atoms with E-state index in [2.05, 4.69) is 36.4 Å². The van der Waals surface area contributed by atoms with Crippen LogP contribution in [0.25, 0.3) is 67.8 Å². The fraction of sp³-hybridized carbons (Fsp3) is 0.0175. The van der Waals surface area contributed by atoms with Crippen LogP contribution in [0.4, 0.5) is 0 Å². The number of hydrogen-bond donors (Lipinski definition) is 0. The number of rotatable bonds is 8. The molecule has 0 fully saturated rings. The van der Waals surface area contributed by atoms with Crippen LogP contribution >= 0.6 is 0 Å². The molecule has 0 radical (unpaired) electrons. The molecule has 65 heavy (non-hydrogen) atoms. The van der Waals surface area contributed by atoms with Gasteiger partial charge in [0, 0.05) is 33.4 Å². The summed E-state index contributed by atoms with van der Waals surface area (Å²) < 4.78 is 0. The lowest BCUT2D eigenvalue weighted by Gasteiger charge is -2.31. The molecule has 2 aromatic heterocycles. The maximum absolute atomic E-state index is 14.9. The van der Waals surface area contributed by atoms with Gasteiger partial charge in [-0.05, 0) is 56.6 Å². The number of nitrogens with zero attached hydrogens (tertiary/aromatic N) is 6. The van der Waals surface area contributed by atoms with Crippen LogP contribution in [0.15, 0.2) is 206 Å². The topological polar surface area (TPSA) is 111 Å². The van der Waals surface area contributed by atoms with Crippen molar-refractivity contribution in [3.8, 4) is 67.8 Å². The first-order chi connectivity index (χ1) is 32.0. The molecule has 0 bridgehead atoms. The predicted molar refractivity (Wildman–Crippen MR) is 251 cm³/mol. The average molecular weight is 835 g/mol. The number of carbonyl (C=O) groups is 2. The van der Waals surface area contributed by atoms with E-state index in [1.54, 1.807) is 0 Å². The van der Waals surface area contributed by atoms with Gasteiger partial charge in [-0.2, -0.15) is 0 Å². The van der Waals surface area contributed by atoms with Crippen molar-refractivity contribution in [2.75, 3.05) is 0 Å². The summed E-state index contributed by atoms with van der Waals surface area (Å²) in [7, 11) is 0. The van der Waals surface area contributed by atoms with Crippen molar-refractivity contribution in [1.82, 2.24) is 29.9 Å². The lowest BCUT2D eigenvalue weighted by atomic mass is 9.70. The molecule has 1 spiro atoms. The summed E-state index contributed by atoms with van der Waals surface area (Å²) in [5, 5.41) is 0. The molecular formula is C57H34N6O2. The third-order valence-electron chi connectivity index (χ3n) is 12.4. The molecule has 0 saturated heterocycles. The maximum atomic E-state index is 14.9. The normalized spacial score (nSPS) is 12.6. The van der Waals surface area contributed by atoms with E-state index in [1.165, 1.54) is 0 Å². The molecule has 0 unspecified atom stereocenters. The molecule has 8 nitrogen and oxygen atoms in total. The molecule has 0 amide bonds. The molecule has 8 heteroatoms. The SMILES string of the molecule is O=C(c1ccc2c(c1)C1(c3ccccc3-2)c2ccccc2-c2ccc(C(=O)c3nc(-c4ccccc4)nc(-c4ccccc4)n3)cc21)c1nc(-c2ccccc2)nc(-c2ccccc2)n1. The molecule has 0 saturated carbocycles. The van der Waals surface area contributed by atoms with Crippen molar-refractivity contribution >= 4 is 11.6 Å². The van der Waals surface area contributed by atoms with E-state index in [0.29, 0.717) is 34.4 Å². The van der Waals surface area contributed by atoms with Gasteiger partial charge in [-0.15, -0.1) is 0 Å². The molecule has 0 aliphatic heterocycles. The minimum atomic E-state index is -0.878.